The molecule has 2 aromatic rings. The number of anilines is 1. The van der Waals surface area contributed by atoms with E-state index < -0.39 is 0 Å². The average molecular weight is 366 g/mol. The largest absolute Gasteiger partial charge is 0.339 e. The van der Waals surface area contributed by atoms with Crippen molar-refractivity contribution in [3.05, 3.63) is 41.0 Å². The summed E-state index contributed by atoms with van der Waals surface area (Å²) < 4.78 is 5.36. The van der Waals surface area contributed by atoms with E-state index in [-0.39, 0.29) is 6.03 Å². The van der Waals surface area contributed by atoms with Gasteiger partial charge >= 0.3 is 6.03 Å². The number of benzene rings is 1. The van der Waals surface area contributed by atoms with Crippen molar-refractivity contribution in [2.75, 3.05) is 18.4 Å². The third kappa shape index (κ3) is 3.57. The first-order valence-electron chi connectivity index (χ1n) is 10.3. The number of piperidine rings is 1. The Balaban J connectivity index is 1.14. The van der Waals surface area contributed by atoms with Crippen LogP contribution in [0.5, 0.6) is 0 Å². The summed E-state index contributed by atoms with van der Waals surface area (Å²) in [6.07, 6.45) is 8.59. The lowest BCUT2D eigenvalue weighted by molar-refractivity contribution is 0.181. The predicted octanol–water partition coefficient (Wildman–Crippen LogP) is 3.92. The van der Waals surface area contributed by atoms with Crippen molar-refractivity contribution in [3.63, 3.8) is 0 Å². The van der Waals surface area contributed by atoms with Gasteiger partial charge in [0.15, 0.2) is 5.82 Å². The number of hydrogen-bond acceptors (Lipinski definition) is 4. The minimum Gasteiger partial charge on any atom is -0.339 e. The fourth-order valence-corrected chi connectivity index (χ4v) is 4.38. The number of hydrogen-bond donors (Lipinski definition) is 1. The second-order valence-corrected chi connectivity index (χ2v) is 8.18. The normalized spacial score (nSPS) is 19.9. The van der Waals surface area contributed by atoms with Gasteiger partial charge in [0.1, 0.15) is 0 Å². The minimum absolute atomic E-state index is 0.0318. The lowest BCUT2D eigenvalue weighted by Gasteiger charge is -2.31. The Labute approximate surface area is 159 Å². The van der Waals surface area contributed by atoms with Gasteiger partial charge in [0.25, 0.3) is 0 Å². The van der Waals surface area contributed by atoms with Gasteiger partial charge in [-0.15, -0.1) is 0 Å². The molecule has 1 saturated heterocycles. The first kappa shape index (κ1) is 16.8. The number of fused-ring (bicyclic) bond motifs is 1. The average Bonchev–Trinajstić information content (AvgIpc) is 3.23. The van der Waals surface area contributed by atoms with Crippen LogP contribution in [-0.2, 0) is 19.3 Å². The fraction of sp³-hybridized carbons (Fsp3) is 0.571. The van der Waals surface area contributed by atoms with Crippen LogP contribution in [0.4, 0.5) is 10.5 Å². The van der Waals surface area contributed by atoms with Crippen molar-refractivity contribution in [2.45, 2.75) is 57.3 Å². The number of amides is 2. The van der Waals surface area contributed by atoms with Crippen molar-refractivity contribution < 1.29 is 9.32 Å². The number of urea groups is 1. The van der Waals surface area contributed by atoms with Crippen molar-refractivity contribution in [2.24, 2.45) is 5.92 Å². The molecule has 3 aliphatic rings. The topological polar surface area (TPSA) is 71.3 Å². The highest BCUT2D eigenvalue weighted by Crippen LogP contribution is 2.39. The molecule has 2 amide bonds. The summed E-state index contributed by atoms with van der Waals surface area (Å²) in [5.41, 5.74) is 3.71. The second kappa shape index (κ2) is 6.98. The van der Waals surface area contributed by atoms with Crippen LogP contribution in [0.1, 0.15) is 60.9 Å². The highest BCUT2D eigenvalue weighted by atomic mass is 16.5. The Morgan fingerprint density at radius 1 is 1.19 bits per heavy atom. The molecule has 0 atom stereocenters. The van der Waals surface area contributed by atoms with E-state index in [4.69, 9.17) is 4.52 Å². The second-order valence-electron chi connectivity index (χ2n) is 8.18. The van der Waals surface area contributed by atoms with E-state index in [1.165, 1.54) is 30.4 Å². The van der Waals surface area contributed by atoms with Crippen molar-refractivity contribution in [1.29, 1.82) is 0 Å². The molecule has 2 aliphatic carbocycles. The van der Waals surface area contributed by atoms with Gasteiger partial charge in [-0.25, -0.2) is 4.79 Å². The van der Waals surface area contributed by atoms with Crippen LogP contribution >= 0.6 is 0 Å². The number of carbonyl (C=O) groups excluding carboxylic acids is 1. The maximum Gasteiger partial charge on any atom is 0.321 e. The standard InChI is InChI=1S/C21H26N4O2/c26-21(22-18-6-2-4-15-3-1-5-17(15)18)25-11-9-14(10-12-25)13-19-23-20(27-24-19)16-7-8-16/h2,4,6,14,16H,1,3,5,7-13H2,(H,22,26). The molecule has 5 rings (SSSR count). The number of aromatic nitrogens is 2. The van der Waals surface area contributed by atoms with Gasteiger partial charge in [-0.3, -0.25) is 0 Å². The molecule has 1 aromatic heterocycles. The first-order valence-corrected chi connectivity index (χ1v) is 10.3. The Bertz CT molecular complexity index is 834. The quantitative estimate of drug-likeness (QED) is 0.890. The molecule has 0 bridgehead atoms. The third-order valence-electron chi connectivity index (χ3n) is 6.17. The first-order chi connectivity index (χ1) is 13.3. The molecule has 1 aliphatic heterocycles. The van der Waals surface area contributed by atoms with Crippen LogP contribution in [0.15, 0.2) is 22.7 Å². The Morgan fingerprint density at radius 2 is 2.04 bits per heavy atom. The van der Waals surface area contributed by atoms with Crippen LogP contribution in [0.2, 0.25) is 0 Å². The molecule has 1 N–H and O–H groups in total. The fourth-order valence-electron chi connectivity index (χ4n) is 4.38. The minimum atomic E-state index is 0.0318. The summed E-state index contributed by atoms with van der Waals surface area (Å²) in [6, 6.07) is 6.29. The Hall–Kier alpha value is -2.37. The van der Waals surface area contributed by atoms with Gasteiger partial charge in [-0.1, -0.05) is 17.3 Å². The van der Waals surface area contributed by atoms with E-state index >= 15 is 0 Å². The van der Waals surface area contributed by atoms with Gasteiger partial charge in [-0.05, 0) is 68.1 Å². The van der Waals surface area contributed by atoms with Crippen LogP contribution in [0.3, 0.4) is 0 Å². The summed E-state index contributed by atoms with van der Waals surface area (Å²) in [7, 11) is 0. The smallest absolute Gasteiger partial charge is 0.321 e. The number of rotatable bonds is 4. The number of nitrogens with one attached hydrogen (secondary N) is 1. The number of aryl methyl sites for hydroxylation is 1. The molecular formula is C21H26N4O2. The van der Waals surface area contributed by atoms with Crippen LogP contribution < -0.4 is 5.32 Å². The molecule has 6 heteroatoms. The molecule has 0 radical (unpaired) electrons. The summed E-state index contributed by atoms with van der Waals surface area (Å²) >= 11 is 0. The van der Waals surface area contributed by atoms with E-state index in [0.29, 0.717) is 11.8 Å². The van der Waals surface area contributed by atoms with E-state index in [2.05, 4.69) is 21.5 Å². The molecule has 1 saturated carbocycles. The zero-order valence-corrected chi connectivity index (χ0v) is 15.6. The van der Waals surface area contributed by atoms with E-state index in [1.54, 1.807) is 0 Å². The number of nitrogens with zero attached hydrogens (tertiary/aromatic N) is 3. The third-order valence-corrected chi connectivity index (χ3v) is 6.17. The lowest BCUT2D eigenvalue weighted by Crippen LogP contribution is -2.41. The zero-order chi connectivity index (χ0) is 18.2. The molecule has 2 heterocycles. The van der Waals surface area contributed by atoms with Gasteiger partial charge < -0.3 is 14.7 Å². The molecular weight excluding hydrogens is 340 g/mol. The molecule has 27 heavy (non-hydrogen) atoms. The van der Waals surface area contributed by atoms with Crippen molar-refractivity contribution in [3.8, 4) is 0 Å². The predicted molar refractivity (Wildman–Crippen MR) is 102 cm³/mol. The highest BCUT2D eigenvalue weighted by Gasteiger charge is 2.30. The summed E-state index contributed by atoms with van der Waals surface area (Å²) in [5, 5.41) is 7.28. The Kier molecular flexibility index (Phi) is 4.34. The number of carbonyl (C=O) groups is 1. The lowest BCUT2D eigenvalue weighted by atomic mass is 9.93. The maximum absolute atomic E-state index is 12.7. The van der Waals surface area contributed by atoms with Gasteiger partial charge in [-0.2, -0.15) is 4.98 Å². The maximum atomic E-state index is 12.7. The molecule has 0 spiro atoms. The molecule has 0 unspecified atom stereocenters. The van der Waals surface area contributed by atoms with Crippen LogP contribution in [0.25, 0.3) is 0 Å². The Morgan fingerprint density at radius 3 is 2.85 bits per heavy atom. The van der Waals surface area contributed by atoms with Gasteiger partial charge in [0.2, 0.25) is 5.89 Å². The van der Waals surface area contributed by atoms with Gasteiger partial charge in [0, 0.05) is 31.1 Å². The van der Waals surface area contributed by atoms with Crippen LogP contribution in [-0.4, -0.2) is 34.2 Å². The number of likely N-dealkylation sites (tertiary alicyclic amines) is 1. The van der Waals surface area contributed by atoms with Crippen LogP contribution in [0, 0.1) is 5.92 Å². The zero-order valence-electron chi connectivity index (χ0n) is 15.6. The molecule has 1 aromatic carbocycles. The van der Waals surface area contributed by atoms with E-state index in [9.17, 15) is 4.79 Å². The monoisotopic (exact) mass is 366 g/mol. The summed E-state index contributed by atoms with van der Waals surface area (Å²) in [6.45, 7) is 1.58. The molecule has 142 valence electrons. The highest BCUT2D eigenvalue weighted by molar-refractivity contribution is 5.90. The van der Waals surface area contributed by atoms with Crippen molar-refractivity contribution in [1.82, 2.24) is 15.0 Å². The van der Waals surface area contributed by atoms with Crippen molar-refractivity contribution >= 4 is 11.7 Å². The molecule has 2 fully saturated rings. The summed E-state index contributed by atoms with van der Waals surface area (Å²) in [4.78, 5) is 19.2. The summed E-state index contributed by atoms with van der Waals surface area (Å²) in [5.74, 6) is 2.69. The van der Waals surface area contributed by atoms with E-state index in [1.807, 2.05) is 17.0 Å². The molecule has 6 nitrogen and oxygen atoms in total. The van der Waals surface area contributed by atoms with Gasteiger partial charge in [0.05, 0.1) is 0 Å². The van der Waals surface area contributed by atoms with E-state index in [0.717, 1.165) is 62.6 Å². The SMILES string of the molecule is O=C(Nc1cccc2c1CCC2)N1CCC(Cc2noc(C3CC3)n2)CC1.